The summed E-state index contributed by atoms with van der Waals surface area (Å²) in [6.45, 7) is 8.62. The Labute approximate surface area is 114 Å². The van der Waals surface area contributed by atoms with Gasteiger partial charge in [-0.2, -0.15) is 0 Å². The quantitative estimate of drug-likeness (QED) is 0.467. The van der Waals surface area contributed by atoms with Crippen molar-refractivity contribution < 1.29 is 4.92 Å². The Morgan fingerprint density at radius 3 is 2.68 bits per heavy atom. The third kappa shape index (κ3) is 4.61. The summed E-state index contributed by atoms with van der Waals surface area (Å²) in [5, 5.41) is 14.2. The molecule has 0 fully saturated rings. The average Bonchev–Trinajstić information content (AvgIpc) is 2.35. The zero-order valence-corrected chi connectivity index (χ0v) is 12.1. The van der Waals surface area contributed by atoms with Crippen molar-refractivity contribution in [2.24, 2.45) is 0 Å². The molecule has 0 aliphatic carbocycles. The lowest BCUT2D eigenvalue weighted by Gasteiger charge is -2.21. The van der Waals surface area contributed by atoms with Gasteiger partial charge in [0, 0.05) is 37.3 Å². The Morgan fingerprint density at radius 2 is 2.11 bits per heavy atom. The second-order valence-electron chi connectivity index (χ2n) is 5.07. The van der Waals surface area contributed by atoms with E-state index < -0.39 is 0 Å². The van der Waals surface area contributed by atoms with Crippen LogP contribution in [0, 0.1) is 17.0 Å². The van der Waals surface area contributed by atoms with E-state index in [2.05, 4.69) is 31.1 Å². The van der Waals surface area contributed by atoms with Crippen LogP contribution in [0.25, 0.3) is 0 Å². The Morgan fingerprint density at radius 1 is 1.42 bits per heavy atom. The molecule has 0 saturated carbocycles. The fraction of sp³-hybridized carbons (Fsp3) is 0.571. The highest BCUT2D eigenvalue weighted by atomic mass is 16.6. The van der Waals surface area contributed by atoms with Crippen molar-refractivity contribution in [3.63, 3.8) is 0 Å². The Hall–Kier alpha value is -1.46. The molecule has 1 N–H and O–H groups in total. The highest BCUT2D eigenvalue weighted by molar-refractivity contribution is 5.44. The topological polar surface area (TPSA) is 58.4 Å². The maximum atomic E-state index is 10.8. The van der Waals surface area contributed by atoms with Gasteiger partial charge < -0.3 is 10.2 Å². The monoisotopic (exact) mass is 265 g/mol. The van der Waals surface area contributed by atoms with Crippen molar-refractivity contribution in [3.8, 4) is 0 Å². The first-order valence-electron chi connectivity index (χ1n) is 6.57. The fourth-order valence-electron chi connectivity index (χ4n) is 1.80. The lowest BCUT2D eigenvalue weighted by molar-refractivity contribution is -0.385. The van der Waals surface area contributed by atoms with Gasteiger partial charge in [-0.1, -0.05) is 12.1 Å². The molecule has 0 aromatic heterocycles. The van der Waals surface area contributed by atoms with Crippen molar-refractivity contribution in [1.82, 2.24) is 10.2 Å². The van der Waals surface area contributed by atoms with Crippen LogP contribution in [-0.4, -0.2) is 36.0 Å². The van der Waals surface area contributed by atoms with Gasteiger partial charge in [0.25, 0.3) is 5.69 Å². The molecule has 0 bridgehead atoms. The molecular weight excluding hydrogens is 242 g/mol. The number of benzene rings is 1. The third-order valence-corrected chi connectivity index (χ3v) is 3.45. The van der Waals surface area contributed by atoms with E-state index >= 15 is 0 Å². The van der Waals surface area contributed by atoms with Crippen molar-refractivity contribution in [2.45, 2.75) is 33.4 Å². The summed E-state index contributed by atoms with van der Waals surface area (Å²) < 4.78 is 0. The van der Waals surface area contributed by atoms with Crippen LogP contribution in [0.15, 0.2) is 18.2 Å². The summed E-state index contributed by atoms with van der Waals surface area (Å²) in [6.07, 6.45) is 0. The minimum Gasteiger partial charge on any atom is -0.311 e. The largest absolute Gasteiger partial charge is 0.311 e. The van der Waals surface area contributed by atoms with Crippen molar-refractivity contribution >= 4 is 5.69 Å². The molecule has 1 aromatic rings. The summed E-state index contributed by atoms with van der Waals surface area (Å²) in [6, 6.07) is 5.75. The summed E-state index contributed by atoms with van der Waals surface area (Å²) in [7, 11) is 2.09. The highest BCUT2D eigenvalue weighted by Gasteiger charge is 2.12. The van der Waals surface area contributed by atoms with E-state index in [1.54, 1.807) is 19.1 Å². The predicted molar refractivity (Wildman–Crippen MR) is 77.3 cm³/mol. The summed E-state index contributed by atoms with van der Waals surface area (Å²) >= 11 is 0. The Bertz CT molecular complexity index is 433. The van der Waals surface area contributed by atoms with Gasteiger partial charge in [0.15, 0.2) is 0 Å². The molecule has 0 heterocycles. The van der Waals surface area contributed by atoms with Gasteiger partial charge in [0.2, 0.25) is 0 Å². The van der Waals surface area contributed by atoms with Crippen LogP contribution in [0.2, 0.25) is 0 Å². The number of hydrogen-bond acceptors (Lipinski definition) is 4. The molecule has 0 unspecified atom stereocenters. The standard InChI is InChI=1S/C14H23N3O2/c1-11(2)16(4)9-8-15-10-13-6-5-7-14(12(13)3)17(18)19/h5-7,11,15H,8-10H2,1-4H3. The van der Waals surface area contributed by atoms with E-state index in [0.29, 0.717) is 12.6 Å². The van der Waals surface area contributed by atoms with Gasteiger partial charge in [0.05, 0.1) is 4.92 Å². The molecule has 0 aliphatic heterocycles. The normalized spacial score (nSPS) is 11.3. The van der Waals surface area contributed by atoms with Crippen molar-refractivity contribution in [2.75, 3.05) is 20.1 Å². The van der Waals surface area contributed by atoms with E-state index in [0.717, 1.165) is 24.2 Å². The molecular formula is C14H23N3O2. The van der Waals surface area contributed by atoms with Crippen LogP contribution in [-0.2, 0) is 6.54 Å². The first-order valence-corrected chi connectivity index (χ1v) is 6.57. The number of nitrogens with one attached hydrogen (secondary N) is 1. The van der Waals surface area contributed by atoms with Crippen molar-refractivity contribution in [1.29, 1.82) is 0 Å². The zero-order valence-electron chi connectivity index (χ0n) is 12.1. The van der Waals surface area contributed by atoms with Crippen LogP contribution in [0.4, 0.5) is 5.69 Å². The summed E-state index contributed by atoms with van der Waals surface area (Å²) in [5.41, 5.74) is 1.93. The molecule has 0 saturated heterocycles. The molecule has 5 heteroatoms. The number of nitro benzene ring substituents is 1. The van der Waals surface area contributed by atoms with Crippen LogP contribution in [0.5, 0.6) is 0 Å². The van der Waals surface area contributed by atoms with Gasteiger partial charge in [-0.15, -0.1) is 0 Å². The second kappa shape index (κ2) is 7.21. The zero-order chi connectivity index (χ0) is 14.4. The van der Waals surface area contributed by atoms with Crippen molar-refractivity contribution in [3.05, 3.63) is 39.4 Å². The SMILES string of the molecule is Cc1c(CNCCN(C)C(C)C)cccc1[N+](=O)[O-]. The average molecular weight is 265 g/mol. The van der Waals surface area contributed by atoms with Gasteiger partial charge >= 0.3 is 0 Å². The first-order chi connectivity index (χ1) is 8.93. The molecule has 0 radical (unpaired) electrons. The number of likely N-dealkylation sites (N-methyl/N-ethyl adjacent to an activating group) is 1. The van der Waals surface area contributed by atoms with Gasteiger partial charge in [-0.05, 0) is 33.4 Å². The smallest absolute Gasteiger partial charge is 0.272 e. The van der Waals surface area contributed by atoms with Gasteiger partial charge in [-0.25, -0.2) is 0 Å². The molecule has 0 spiro atoms. The molecule has 1 aromatic carbocycles. The number of nitrogens with zero attached hydrogens (tertiary/aromatic N) is 2. The highest BCUT2D eigenvalue weighted by Crippen LogP contribution is 2.20. The fourth-order valence-corrected chi connectivity index (χ4v) is 1.80. The number of nitro groups is 1. The minimum absolute atomic E-state index is 0.193. The van der Waals surface area contributed by atoms with E-state index in [1.165, 1.54) is 0 Å². The molecule has 0 aliphatic rings. The van der Waals surface area contributed by atoms with E-state index in [4.69, 9.17) is 0 Å². The molecule has 0 atom stereocenters. The van der Waals surface area contributed by atoms with Crippen LogP contribution >= 0.6 is 0 Å². The maximum absolute atomic E-state index is 10.8. The minimum atomic E-state index is -0.328. The predicted octanol–water partition coefficient (Wildman–Crippen LogP) is 2.33. The Balaban J connectivity index is 2.50. The molecule has 5 nitrogen and oxygen atoms in total. The number of rotatable bonds is 7. The van der Waals surface area contributed by atoms with E-state index in [-0.39, 0.29) is 10.6 Å². The van der Waals surface area contributed by atoms with E-state index in [9.17, 15) is 10.1 Å². The lowest BCUT2D eigenvalue weighted by atomic mass is 10.1. The van der Waals surface area contributed by atoms with Crippen LogP contribution < -0.4 is 5.32 Å². The summed E-state index contributed by atoms with van der Waals surface area (Å²) in [5.74, 6) is 0. The summed E-state index contributed by atoms with van der Waals surface area (Å²) in [4.78, 5) is 12.8. The van der Waals surface area contributed by atoms with Gasteiger partial charge in [-0.3, -0.25) is 10.1 Å². The molecule has 19 heavy (non-hydrogen) atoms. The lowest BCUT2D eigenvalue weighted by Crippen LogP contribution is -2.33. The van der Waals surface area contributed by atoms with Crippen LogP contribution in [0.1, 0.15) is 25.0 Å². The number of hydrogen-bond donors (Lipinski definition) is 1. The maximum Gasteiger partial charge on any atom is 0.272 e. The second-order valence-corrected chi connectivity index (χ2v) is 5.07. The van der Waals surface area contributed by atoms with E-state index in [1.807, 2.05) is 6.07 Å². The Kier molecular flexibility index (Phi) is 5.92. The first kappa shape index (κ1) is 15.6. The molecule has 1 rings (SSSR count). The molecule has 106 valence electrons. The van der Waals surface area contributed by atoms with Gasteiger partial charge in [0.1, 0.15) is 0 Å². The molecule has 0 amide bonds. The third-order valence-electron chi connectivity index (χ3n) is 3.45. The van der Waals surface area contributed by atoms with Crippen LogP contribution in [0.3, 0.4) is 0 Å².